The van der Waals surface area contributed by atoms with Gasteiger partial charge in [-0.25, -0.2) is 4.79 Å². The van der Waals surface area contributed by atoms with Crippen molar-refractivity contribution in [2.45, 2.75) is 43.6 Å². The molecule has 0 bridgehead atoms. The number of halogens is 5. The maximum absolute atomic E-state index is 13.8. The van der Waals surface area contributed by atoms with Crippen molar-refractivity contribution in [1.29, 1.82) is 0 Å². The summed E-state index contributed by atoms with van der Waals surface area (Å²) in [6.45, 7) is 0. The maximum Gasteiger partial charge on any atom is 0.440 e. The maximum atomic E-state index is 13.8. The molecule has 0 aromatic heterocycles. The minimum Gasteiger partial charge on any atom is -0.314 e. The summed E-state index contributed by atoms with van der Waals surface area (Å²) >= 11 is 11.6. The number of carbonyl (C=O) groups excluding carboxylic acids is 3. The second-order valence-electron chi connectivity index (χ2n) is 6.37. The number of alkyl halides is 3. The Kier molecular flexibility index (Phi) is 5.02. The zero-order valence-corrected chi connectivity index (χ0v) is 15.2. The molecule has 3 rings (SSSR count). The fraction of sp³-hybridized carbons (Fsp3) is 0.438. The summed E-state index contributed by atoms with van der Waals surface area (Å²) < 4.78 is 41.4. The minimum atomic E-state index is -5.26. The van der Waals surface area contributed by atoms with E-state index in [1.54, 1.807) is 10.6 Å². The molecule has 0 radical (unpaired) electrons. The predicted octanol–water partition coefficient (Wildman–Crippen LogP) is 3.48. The smallest absolute Gasteiger partial charge is 0.314 e. The molecule has 1 heterocycles. The first-order valence-corrected chi connectivity index (χ1v) is 8.82. The molecule has 1 atom stereocenters. The van der Waals surface area contributed by atoms with E-state index in [1.165, 1.54) is 12.1 Å². The highest BCUT2D eigenvalue weighted by Gasteiger charge is 2.69. The van der Waals surface area contributed by atoms with Crippen LogP contribution in [0, 0.1) is 0 Å². The number of hydrogen-bond donors (Lipinski definition) is 2. The number of urea groups is 1. The number of hydrogen-bond acceptors (Lipinski definition) is 3. The predicted molar refractivity (Wildman–Crippen MR) is 90.3 cm³/mol. The van der Waals surface area contributed by atoms with E-state index in [0.717, 1.165) is 6.07 Å². The normalized spacial score (nSPS) is 23.7. The topological polar surface area (TPSA) is 78.5 Å². The third kappa shape index (κ3) is 3.34. The molecular formula is C16H14Cl2F3N3O3. The first-order valence-electron chi connectivity index (χ1n) is 8.07. The van der Waals surface area contributed by atoms with E-state index >= 15 is 0 Å². The van der Waals surface area contributed by atoms with E-state index < -0.39 is 35.7 Å². The Morgan fingerprint density at radius 1 is 1.22 bits per heavy atom. The lowest BCUT2D eigenvalue weighted by atomic mass is 10.1. The van der Waals surface area contributed by atoms with Crippen LogP contribution in [0.3, 0.4) is 0 Å². The van der Waals surface area contributed by atoms with Gasteiger partial charge in [-0.05, 0) is 31.0 Å². The van der Waals surface area contributed by atoms with Crippen LogP contribution in [0.15, 0.2) is 18.2 Å². The van der Waals surface area contributed by atoms with Crippen LogP contribution in [0.25, 0.3) is 0 Å². The van der Waals surface area contributed by atoms with Crippen molar-refractivity contribution >= 4 is 41.0 Å². The van der Waals surface area contributed by atoms with E-state index in [2.05, 4.69) is 0 Å². The van der Waals surface area contributed by atoms with Gasteiger partial charge in [0.05, 0.1) is 10.6 Å². The molecule has 1 aromatic carbocycles. The first kappa shape index (κ1) is 19.8. The molecule has 0 spiro atoms. The van der Waals surface area contributed by atoms with Crippen LogP contribution in [0.1, 0.15) is 36.0 Å². The summed E-state index contributed by atoms with van der Waals surface area (Å²) in [5, 5.41) is 3.24. The van der Waals surface area contributed by atoms with Gasteiger partial charge >= 0.3 is 12.2 Å². The minimum absolute atomic E-state index is 0.180. The lowest BCUT2D eigenvalue weighted by molar-refractivity contribution is -0.200. The van der Waals surface area contributed by atoms with E-state index in [4.69, 9.17) is 23.2 Å². The molecule has 1 saturated heterocycles. The molecule has 1 saturated carbocycles. The van der Waals surface area contributed by atoms with Crippen LogP contribution >= 0.6 is 23.2 Å². The number of nitrogens with one attached hydrogen (secondary N) is 2. The molecule has 2 aliphatic rings. The fourth-order valence-corrected chi connectivity index (χ4v) is 3.79. The molecule has 2 fully saturated rings. The number of amides is 4. The molecule has 11 heteroatoms. The van der Waals surface area contributed by atoms with Gasteiger partial charge in [-0.15, -0.1) is 0 Å². The lowest BCUT2D eigenvalue weighted by Crippen LogP contribution is -2.69. The van der Waals surface area contributed by atoms with Gasteiger partial charge in [0.1, 0.15) is 0 Å². The monoisotopic (exact) mass is 423 g/mol. The van der Waals surface area contributed by atoms with Crippen LogP contribution in [-0.4, -0.2) is 40.6 Å². The molecule has 1 aliphatic heterocycles. The molecule has 1 aromatic rings. The number of nitrogens with zero attached hydrogens (tertiary/aromatic N) is 1. The summed E-state index contributed by atoms with van der Waals surface area (Å²) in [6, 6.07) is 1.75. The molecule has 27 heavy (non-hydrogen) atoms. The van der Waals surface area contributed by atoms with Crippen molar-refractivity contribution in [2.75, 3.05) is 0 Å². The highest BCUT2D eigenvalue weighted by atomic mass is 35.5. The highest BCUT2D eigenvalue weighted by molar-refractivity contribution is 6.36. The Hall–Kier alpha value is -2.00. The summed E-state index contributed by atoms with van der Waals surface area (Å²) in [7, 11) is 0. The second kappa shape index (κ2) is 6.87. The van der Waals surface area contributed by atoms with Gasteiger partial charge in [0.2, 0.25) is 0 Å². The number of carbonyl (C=O) groups is 3. The van der Waals surface area contributed by atoms with Crippen LogP contribution in [0.5, 0.6) is 0 Å². The fourth-order valence-electron chi connectivity index (χ4n) is 3.30. The summed E-state index contributed by atoms with van der Waals surface area (Å²) in [5.41, 5.74) is -3.86. The Morgan fingerprint density at radius 3 is 2.41 bits per heavy atom. The van der Waals surface area contributed by atoms with Gasteiger partial charge in [-0.3, -0.25) is 19.8 Å². The third-order valence-corrected chi connectivity index (χ3v) is 5.19. The van der Waals surface area contributed by atoms with Gasteiger partial charge < -0.3 is 5.32 Å². The van der Waals surface area contributed by atoms with Gasteiger partial charge in [-0.2, -0.15) is 13.2 Å². The average Bonchev–Trinajstić information content (AvgIpc) is 3.14. The molecule has 4 amide bonds. The zero-order chi connectivity index (χ0) is 20.0. The van der Waals surface area contributed by atoms with Crippen LogP contribution < -0.4 is 10.6 Å². The van der Waals surface area contributed by atoms with Crippen molar-refractivity contribution in [3.63, 3.8) is 0 Å². The molecular weight excluding hydrogens is 410 g/mol. The lowest BCUT2D eigenvalue weighted by Gasteiger charge is -2.30. The average molecular weight is 424 g/mol. The zero-order valence-electron chi connectivity index (χ0n) is 13.7. The van der Waals surface area contributed by atoms with Crippen molar-refractivity contribution in [1.82, 2.24) is 15.5 Å². The number of rotatable bonds is 3. The third-order valence-electron chi connectivity index (χ3n) is 4.64. The Labute approximate surface area is 162 Å². The Morgan fingerprint density at radius 2 is 1.85 bits per heavy atom. The van der Waals surface area contributed by atoms with E-state index in [1.807, 2.05) is 0 Å². The van der Waals surface area contributed by atoms with Crippen LogP contribution in [0.2, 0.25) is 10.0 Å². The summed E-state index contributed by atoms with van der Waals surface area (Å²) in [6.07, 6.45) is -3.02. The van der Waals surface area contributed by atoms with E-state index in [0.29, 0.717) is 30.6 Å². The van der Waals surface area contributed by atoms with Crippen molar-refractivity contribution in [2.24, 2.45) is 0 Å². The molecule has 0 unspecified atom stereocenters. The number of benzene rings is 1. The summed E-state index contributed by atoms with van der Waals surface area (Å²) in [5.74, 6) is -2.82. The Bertz CT molecular complexity index is 812. The SMILES string of the molecule is O=C(N[C@@]1(C(F)(F)F)NC(=O)N(C2CCCC2)C1=O)c1ccc(Cl)cc1Cl. The van der Waals surface area contributed by atoms with E-state index in [-0.39, 0.29) is 15.6 Å². The number of imide groups is 1. The van der Waals surface area contributed by atoms with Gasteiger partial charge in [-0.1, -0.05) is 36.0 Å². The quantitative estimate of drug-likeness (QED) is 0.730. The van der Waals surface area contributed by atoms with Crippen molar-refractivity contribution in [3.05, 3.63) is 33.8 Å². The van der Waals surface area contributed by atoms with Gasteiger partial charge in [0.15, 0.2) is 0 Å². The van der Waals surface area contributed by atoms with Crippen molar-refractivity contribution in [3.8, 4) is 0 Å². The molecule has 6 nitrogen and oxygen atoms in total. The highest BCUT2D eigenvalue weighted by Crippen LogP contribution is 2.37. The van der Waals surface area contributed by atoms with E-state index in [9.17, 15) is 27.6 Å². The largest absolute Gasteiger partial charge is 0.440 e. The summed E-state index contributed by atoms with van der Waals surface area (Å²) in [4.78, 5) is 37.8. The second-order valence-corrected chi connectivity index (χ2v) is 7.21. The van der Waals surface area contributed by atoms with Crippen LogP contribution in [-0.2, 0) is 4.79 Å². The molecule has 1 aliphatic carbocycles. The Balaban J connectivity index is 1.95. The first-order chi connectivity index (χ1) is 12.6. The standard InChI is InChI=1S/C16H14Cl2F3N3O3/c17-8-5-6-10(11(18)7-8)12(25)22-15(16(19,20)21)13(26)24(14(27)23-15)9-3-1-2-4-9/h5-7,9H,1-4H2,(H,22,25)(H,23,27)/t15-/m1/s1. The van der Waals surface area contributed by atoms with Gasteiger partial charge in [0, 0.05) is 11.1 Å². The molecule has 146 valence electrons. The van der Waals surface area contributed by atoms with Gasteiger partial charge in [0.25, 0.3) is 17.5 Å². The van der Waals surface area contributed by atoms with Crippen molar-refractivity contribution < 1.29 is 27.6 Å². The van der Waals surface area contributed by atoms with Crippen LogP contribution in [0.4, 0.5) is 18.0 Å². The molecule has 2 N–H and O–H groups in total.